The molecule has 0 fully saturated rings. The molecule has 26 heavy (non-hydrogen) atoms. The number of sulfonamides is 1. The smallest absolute Gasteiger partial charge is 0.323 e. The molecule has 136 valence electrons. The maximum absolute atomic E-state index is 12.6. The fourth-order valence-electron chi connectivity index (χ4n) is 2.49. The summed E-state index contributed by atoms with van der Waals surface area (Å²) in [5.74, 6) is -1.52. The van der Waals surface area contributed by atoms with E-state index in [4.69, 9.17) is 9.84 Å². The summed E-state index contributed by atoms with van der Waals surface area (Å²) in [6.07, 6.45) is 0. The van der Waals surface area contributed by atoms with Gasteiger partial charge in [-0.2, -0.15) is 0 Å². The van der Waals surface area contributed by atoms with E-state index in [1.165, 1.54) is 18.2 Å². The van der Waals surface area contributed by atoms with E-state index in [-0.39, 0.29) is 22.9 Å². The Hall–Kier alpha value is -3.07. The minimum absolute atomic E-state index is 0.106. The fourth-order valence-corrected chi connectivity index (χ4v) is 3.57. The van der Waals surface area contributed by atoms with Crippen molar-refractivity contribution in [1.29, 1.82) is 0 Å². The van der Waals surface area contributed by atoms with Crippen molar-refractivity contribution in [2.45, 2.75) is 11.8 Å². The van der Waals surface area contributed by atoms with Crippen molar-refractivity contribution < 1.29 is 27.9 Å². The molecule has 8 nitrogen and oxygen atoms in total. The van der Waals surface area contributed by atoms with Crippen LogP contribution in [0.4, 0.5) is 11.4 Å². The Morgan fingerprint density at radius 3 is 2.58 bits per heavy atom. The number of carbonyl (C=O) groups is 2. The molecular formula is C17H16N2O6S. The zero-order chi connectivity index (χ0) is 18.9. The molecule has 0 radical (unpaired) electrons. The van der Waals surface area contributed by atoms with Gasteiger partial charge in [-0.25, -0.2) is 8.42 Å². The first-order valence-corrected chi connectivity index (χ1v) is 9.13. The molecule has 0 unspecified atom stereocenters. The largest absolute Gasteiger partial charge is 0.482 e. The van der Waals surface area contributed by atoms with Gasteiger partial charge in [0.15, 0.2) is 6.61 Å². The Bertz CT molecular complexity index is 969. The van der Waals surface area contributed by atoms with E-state index in [1.807, 2.05) is 6.92 Å². The van der Waals surface area contributed by atoms with Crippen LogP contribution in [-0.2, 0) is 19.6 Å². The van der Waals surface area contributed by atoms with Crippen LogP contribution in [0.3, 0.4) is 0 Å². The van der Waals surface area contributed by atoms with Crippen LogP contribution in [0.5, 0.6) is 5.75 Å². The minimum atomic E-state index is -3.92. The van der Waals surface area contributed by atoms with Crippen molar-refractivity contribution in [2.75, 3.05) is 22.8 Å². The summed E-state index contributed by atoms with van der Waals surface area (Å²) in [7, 11) is -3.92. The summed E-state index contributed by atoms with van der Waals surface area (Å²) < 4.78 is 32.9. The maximum Gasteiger partial charge on any atom is 0.323 e. The van der Waals surface area contributed by atoms with E-state index in [0.717, 1.165) is 10.5 Å². The quantitative estimate of drug-likeness (QED) is 0.820. The van der Waals surface area contributed by atoms with Gasteiger partial charge >= 0.3 is 5.97 Å². The second-order valence-electron chi connectivity index (χ2n) is 5.76. The third-order valence-corrected chi connectivity index (χ3v) is 5.16. The van der Waals surface area contributed by atoms with Crippen molar-refractivity contribution in [1.82, 2.24) is 0 Å². The number of benzene rings is 2. The molecule has 0 saturated carbocycles. The first kappa shape index (κ1) is 17.7. The van der Waals surface area contributed by atoms with Crippen LogP contribution in [0.2, 0.25) is 0 Å². The highest BCUT2D eigenvalue weighted by Gasteiger charge is 2.29. The van der Waals surface area contributed by atoms with Gasteiger partial charge < -0.3 is 9.84 Å². The first-order valence-electron chi connectivity index (χ1n) is 7.65. The van der Waals surface area contributed by atoms with E-state index in [0.29, 0.717) is 5.69 Å². The highest BCUT2D eigenvalue weighted by molar-refractivity contribution is 7.92. The number of ether oxygens (including phenoxy) is 1. The Balaban J connectivity index is 1.96. The number of carbonyl (C=O) groups excluding carboxylic acids is 1. The Morgan fingerprint density at radius 1 is 1.23 bits per heavy atom. The predicted octanol–water partition coefficient (Wildman–Crippen LogP) is 1.61. The third-order valence-electron chi connectivity index (χ3n) is 3.78. The van der Waals surface area contributed by atoms with Crippen LogP contribution >= 0.6 is 0 Å². The van der Waals surface area contributed by atoms with Crippen molar-refractivity contribution in [3.8, 4) is 5.75 Å². The fraction of sp³-hybridized carbons (Fsp3) is 0.176. The van der Waals surface area contributed by atoms with E-state index in [1.54, 1.807) is 24.3 Å². The number of aryl methyl sites for hydroxylation is 1. The van der Waals surface area contributed by atoms with Crippen LogP contribution in [0.15, 0.2) is 47.4 Å². The number of anilines is 2. The average molecular weight is 376 g/mol. The van der Waals surface area contributed by atoms with Gasteiger partial charge in [-0.15, -0.1) is 0 Å². The molecule has 1 amide bonds. The number of amides is 1. The summed E-state index contributed by atoms with van der Waals surface area (Å²) in [5.41, 5.74) is 1.49. The Kier molecular flexibility index (Phi) is 4.56. The van der Waals surface area contributed by atoms with Crippen molar-refractivity contribution in [3.63, 3.8) is 0 Å². The highest BCUT2D eigenvalue weighted by Crippen LogP contribution is 2.34. The predicted molar refractivity (Wildman–Crippen MR) is 93.9 cm³/mol. The van der Waals surface area contributed by atoms with Gasteiger partial charge in [0.25, 0.3) is 15.9 Å². The van der Waals surface area contributed by atoms with Crippen LogP contribution in [0.25, 0.3) is 0 Å². The SMILES string of the molecule is Cc1ccc(NS(=O)(=O)c2ccc3c(c2)N(CC(=O)O)C(=O)CO3)cc1. The van der Waals surface area contributed by atoms with E-state index in [9.17, 15) is 18.0 Å². The van der Waals surface area contributed by atoms with Gasteiger partial charge in [0.1, 0.15) is 12.3 Å². The number of nitrogens with zero attached hydrogens (tertiary/aromatic N) is 1. The van der Waals surface area contributed by atoms with Gasteiger partial charge in [0.2, 0.25) is 0 Å². The molecule has 1 heterocycles. The molecule has 0 atom stereocenters. The lowest BCUT2D eigenvalue weighted by atomic mass is 10.2. The first-order chi connectivity index (χ1) is 12.3. The zero-order valence-electron chi connectivity index (χ0n) is 13.8. The molecule has 9 heteroatoms. The molecule has 0 saturated heterocycles. The monoisotopic (exact) mass is 376 g/mol. The molecule has 1 aliphatic rings. The van der Waals surface area contributed by atoms with E-state index < -0.39 is 28.4 Å². The topological polar surface area (TPSA) is 113 Å². The Morgan fingerprint density at radius 2 is 1.92 bits per heavy atom. The minimum Gasteiger partial charge on any atom is -0.482 e. The molecule has 0 bridgehead atoms. The molecule has 1 aliphatic heterocycles. The molecule has 0 spiro atoms. The average Bonchev–Trinajstić information content (AvgIpc) is 2.58. The highest BCUT2D eigenvalue weighted by atomic mass is 32.2. The molecule has 3 rings (SSSR count). The lowest BCUT2D eigenvalue weighted by molar-refractivity contribution is -0.137. The van der Waals surface area contributed by atoms with Gasteiger partial charge in [-0.05, 0) is 37.3 Å². The summed E-state index contributed by atoms with van der Waals surface area (Å²) in [6, 6.07) is 10.8. The normalized spacial score (nSPS) is 13.7. The van der Waals surface area contributed by atoms with Crippen molar-refractivity contribution in [2.24, 2.45) is 0 Å². The molecule has 2 N–H and O–H groups in total. The number of rotatable bonds is 5. The molecule has 0 aliphatic carbocycles. The second kappa shape index (κ2) is 6.68. The maximum atomic E-state index is 12.6. The van der Waals surface area contributed by atoms with Gasteiger partial charge in [0, 0.05) is 5.69 Å². The lowest BCUT2D eigenvalue weighted by Gasteiger charge is -2.28. The van der Waals surface area contributed by atoms with E-state index >= 15 is 0 Å². The van der Waals surface area contributed by atoms with Crippen molar-refractivity contribution >= 4 is 33.3 Å². The molecule has 2 aromatic rings. The van der Waals surface area contributed by atoms with Crippen LogP contribution in [0, 0.1) is 6.92 Å². The van der Waals surface area contributed by atoms with Crippen molar-refractivity contribution in [3.05, 3.63) is 48.0 Å². The summed E-state index contributed by atoms with van der Waals surface area (Å²) in [5, 5.41) is 8.99. The van der Waals surface area contributed by atoms with Gasteiger partial charge in [-0.3, -0.25) is 19.2 Å². The molecule has 0 aromatic heterocycles. The number of carboxylic acids is 1. The van der Waals surface area contributed by atoms with Crippen LogP contribution in [-0.4, -0.2) is 38.6 Å². The number of hydrogen-bond donors (Lipinski definition) is 2. The Labute approximate surface area is 150 Å². The third kappa shape index (κ3) is 3.62. The molecule has 2 aromatic carbocycles. The number of fused-ring (bicyclic) bond motifs is 1. The number of aliphatic carboxylic acids is 1. The number of hydrogen-bond acceptors (Lipinski definition) is 5. The molecular weight excluding hydrogens is 360 g/mol. The number of carboxylic acid groups (broad SMARTS) is 1. The second-order valence-corrected chi connectivity index (χ2v) is 7.45. The number of nitrogens with one attached hydrogen (secondary N) is 1. The summed E-state index contributed by atoms with van der Waals surface area (Å²) in [4.78, 5) is 23.8. The van der Waals surface area contributed by atoms with Crippen LogP contribution < -0.4 is 14.4 Å². The lowest BCUT2D eigenvalue weighted by Crippen LogP contribution is -2.42. The van der Waals surface area contributed by atoms with Crippen LogP contribution in [0.1, 0.15) is 5.56 Å². The summed E-state index contributed by atoms with van der Waals surface area (Å²) in [6.45, 7) is 1.01. The van der Waals surface area contributed by atoms with E-state index in [2.05, 4.69) is 4.72 Å². The standard InChI is InChI=1S/C17H16N2O6S/c1-11-2-4-12(5-3-11)18-26(23,24)13-6-7-15-14(8-13)19(9-17(21)22)16(20)10-25-15/h2-8,18H,9-10H2,1H3,(H,21,22). The zero-order valence-corrected chi connectivity index (χ0v) is 14.6. The van der Waals surface area contributed by atoms with Gasteiger partial charge in [-0.1, -0.05) is 17.7 Å². The summed E-state index contributed by atoms with van der Waals surface area (Å²) >= 11 is 0. The van der Waals surface area contributed by atoms with Gasteiger partial charge in [0.05, 0.1) is 10.6 Å².